The second-order valence-electron chi connectivity index (χ2n) is 9.83. The first-order valence-electron chi connectivity index (χ1n) is 13.1. The van der Waals surface area contributed by atoms with Crippen LogP contribution in [0.4, 0.5) is 0 Å². The minimum Gasteiger partial charge on any atom is -0.455 e. The molecule has 0 atom stereocenters. The SMILES string of the molecule is c1ccc(-c2nc(-c3ccc(-c4ccc5ccc6c7ccccc7oc6c5c4)cc3)c3ccccc3n2)cc1. The Morgan fingerprint density at radius 1 is 0.436 bits per heavy atom. The predicted molar refractivity (Wildman–Crippen MR) is 161 cm³/mol. The second-order valence-corrected chi connectivity index (χ2v) is 9.83. The average Bonchev–Trinajstić information content (AvgIpc) is 3.40. The molecule has 3 nitrogen and oxygen atoms in total. The van der Waals surface area contributed by atoms with Crippen LogP contribution in [-0.2, 0) is 0 Å². The van der Waals surface area contributed by atoms with Gasteiger partial charge in [0.2, 0.25) is 0 Å². The lowest BCUT2D eigenvalue weighted by molar-refractivity contribution is 0.672. The number of nitrogens with zero attached hydrogens (tertiary/aromatic N) is 2. The molecule has 182 valence electrons. The van der Waals surface area contributed by atoms with Crippen molar-refractivity contribution in [2.75, 3.05) is 0 Å². The molecular formula is C36H22N2O. The van der Waals surface area contributed by atoms with Crippen LogP contribution < -0.4 is 0 Å². The number of fused-ring (bicyclic) bond motifs is 6. The normalized spacial score (nSPS) is 11.6. The molecule has 2 heterocycles. The van der Waals surface area contributed by atoms with E-state index in [-0.39, 0.29) is 0 Å². The monoisotopic (exact) mass is 498 g/mol. The van der Waals surface area contributed by atoms with E-state index in [0.29, 0.717) is 0 Å². The van der Waals surface area contributed by atoms with Gasteiger partial charge >= 0.3 is 0 Å². The number of furan rings is 1. The van der Waals surface area contributed by atoms with Crippen LogP contribution >= 0.6 is 0 Å². The van der Waals surface area contributed by atoms with E-state index in [9.17, 15) is 0 Å². The zero-order chi connectivity index (χ0) is 25.8. The maximum Gasteiger partial charge on any atom is 0.160 e. The van der Waals surface area contributed by atoms with Crippen LogP contribution in [0.3, 0.4) is 0 Å². The Morgan fingerprint density at radius 2 is 1.13 bits per heavy atom. The quantitative estimate of drug-likeness (QED) is 0.243. The van der Waals surface area contributed by atoms with Crippen molar-refractivity contribution in [2.24, 2.45) is 0 Å². The molecule has 0 saturated heterocycles. The van der Waals surface area contributed by atoms with E-state index >= 15 is 0 Å². The summed E-state index contributed by atoms with van der Waals surface area (Å²) in [5.74, 6) is 0.734. The molecule has 0 N–H and O–H groups in total. The molecule has 0 fully saturated rings. The van der Waals surface area contributed by atoms with Gasteiger partial charge in [-0.05, 0) is 40.8 Å². The lowest BCUT2D eigenvalue weighted by Crippen LogP contribution is -1.95. The summed E-state index contributed by atoms with van der Waals surface area (Å²) < 4.78 is 6.31. The zero-order valence-electron chi connectivity index (χ0n) is 21.0. The Morgan fingerprint density at radius 3 is 2.00 bits per heavy atom. The molecule has 0 spiro atoms. The maximum atomic E-state index is 6.31. The minimum atomic E-state index is 0.734. The van der Waals surface area contributed by atoms with Gasteiger partial charge < -0.3 is 4.42 Å². The first-order chi connectivity index (χ1) is 19.3. The summed E-state index contributed by atoms with van der Waals surface area (Å²) in [5.41, 5.74) is 8.11. The Bertz CT molecular complexity index is 2160. The van der Waals surface area contributed by atoms with Crippen molar-refractivity contribution in [1.82, 2.24) is 9.97 Å². The zero-order valence-corrected chi connectivity index (χ0v) is 21.0. The third-order valence-corrected chi connectivity index (χ3v) is 7.49. The van der Waals surface area contributed by atoms with Crippen molar-refractivity contribution in [3.05, 3.63) is 133 Å². The predicted octanol–water partition coefficient (Wildman–Crippen LogP) is 9.68. The summed E-state index contributed by atoms with van der Waals surface area (Å²) in [6.07, 6.45) is 0. The second kappa shape index (κ2) is 8.64. The smallest absolute Gasteiger partial charge is 0.160 e. The number of aromatic nitrogens is 2. The van der Waals surface area contributed by atoms with Crippen LogP contribution in [0, 0.1) is 0 Å². The molecule has 8 aromatic rings. The highest BCUT2D eigenvalue weighted by Crippen LogP contribution is 2.36. The summed E-state index contributed by atoms with van der Waals surface area (Å²) in [7, 11) is 0. The fourth-order valence-corrected chi connectivity index (χ4v) is 5.52. The Labute approximate surface area is 225 Å². The molecule has 0 amide bonds. The molecule has 3 heteroatoms. The van der Waals surface area contributed by atoms with Gasteiger partial charge in [-0.15, -0.1) is 0 Å². The number of para-hydroxylation sites is 2. The van der Waals surface area contributed by atoms with Gasteiger partial charge in [0.1, 0.15) is 11.2 Å². The largest absolute Gasteiger partial charge is 0.455 e. The summed E-state index contributed by atoms with van der Waals surface area (Å²) in [5, 5.41) is 5.64. The Hall–Kier alpha value is -5.28. The van der Waals surface area contributed by atoms with Crippen LogP contribution in [0.5, 0.6) is 0 Å². The summed E-state index contributed by atoms with van der Waals surface area (Å²) in [6, 6.07) is 46.2. The van der Waals surface area contributed by atoms with Gasteiger partial charge in [0.25, 0.3) is 0 Å². The van der Waals surface area contributed by atoms with E-state index in [2.05, 4.69) is 91.0 Å². The van der Waals surface area contributed by atoms with Crippen LogP contribution in [0.15, 0.2) is 138 Å². The summed E-state index contributed by atoms with van der Waals surface area (Å²) >= 11 is 0. The molecule has 0 aliphatic rings. The lowest BCUT2D eigenvalue weighted by atomic mass is 9.97. The van der Waals surface area contributed by atoms with E-state index in [1.807, 2.05) is 42.5 Å². The van der Waals surface area contributed by atoms with Crippen molar-refractivity contribution in [3.8, 4) is 33.8 Å². The average molecular weight is 499 g/mol. The molecule has 39 heavy (non-hydrogen) atoms. The molecule has 8 rings (SSSR count). The van der Waals surface area contributed by atoms with Crippen LogP contribution in [-0.4, -0.2) is 9.97 Å². The Balaban J connectivity index is 1.24. The Kier molecular flexibility index (Phi) is 4.82. The van der Waals surface area contributed by atoms with Gasteiger partial charge in [0, 0.05) is 32.7 Å². The minimum absolute atomic E-state index is 0.734. The first-order valence-corrected chi connectivity index (χ1v) is 13.1. The van der Waals surface area contributed by atoms with Gasteiger partial charge in [-0.1, -0.05) is 109 Å². The number of rotatable bonds is 3. The van der Waals surface area contributed by atoms with Crippen molar-refractivity contribution < 1.29 is 4.42 Å². The third kappa shape index (κ3) is 3.59. The number of hydrogen-bond acceptors (Lipinski definition) is 3. The molecular weight excluding hydrogens is 476 g/mol. The molecule has 0 saturated carbocycles. The molecule has 0 radical (unpaired) electrons. The van der Waals surface area contributed by atoms with Crippen molar-refractivity contribution in [3.63, 3.8) is 0 Å². The third-order valence-electron chi connectivity index (χ3n) is 7.49. The highest BCUT2D eigenvalue weighted by Gasteiger charge is 2.13. The standard InChI is InChI=1S/C36H22N2O/c1-2-8-26(9-3-1)36-37-32-12-6-4-11-30(32)34(38-36)25-17-14-23(15-18-25)27-19-16-24-20-21-29-28-10-5-7-13-33(28)39-35(29)31(24)22-27/h1-22H. The van der Waals surface area contributed by atoms with Gasteiger partial charge in [0.15, 0.2) is 5.82 Å². The summed E-state index contributed by atoms with van der Waals surface area (Å²) in [6.45, 7) is 0. The van der Waals surface area contributed by atoms with Crippen molar-refractivity contribution >= 4 is 43.6 Å². The van der Waals surface area contributed by atoms with Crippen molar-refractivity contribution in [1.29, 1.82) is 0 Å². The van der Waals surface area contributed by atoms with E-state index in [1.165, 1.54) is 5.39 Å². The van der Waals surface area contributed by atoms with Gasteiger partial charge in [-0.3, -0.25) is 0 Å². The highest BCUT2D eigenvalue weighted by atomic mass is 16.3. The van der Waals surface area contributed by atoms with Crippen LogP contribution in [0.25, 0.3) is 77.4 Å². The number of benzene rings is 6. The number of hydrogen-bond donors (Lipinski definition) is 0. The van der Waals surface area contributed by atoms with E-state index in [0.717, 1.165) is 72.0 Å². The molecule has 6 aromatic carbocycles. The van der Waals surface area contributed by atoms with Gasteiger partial charge in [-0.2, -0.15) is 0 Å². The molecule has 0 aliphatic heterocycles. The topological polar surface area (TPSA) is 38.9 Å². The van der Waals surface area contributed by atoms with E-state index in [1.54, 1.807) is 0 Å². The van der Waals surface area contributed by atoms with Crippen LogP contribution in [0.1, 0.15) is 0 Å². The van der Waals surface area contributed by atoms with E-state index < -0.39 is 0 Å². The molecule has 0 bridgehead atoms. The van der Waals surface area contributed by atoms with E-state index in [4.69, 9.17) is 14.4 Å². The highest BCUT2D eigenvalue weighted by molar-refractivity contribution is 6.15. The fraction of sp³-hybridized carbons (Fsp3) is 0. The maximum absolute atomic E-state index is 6.31. The van der Waals surface area contributed by atoms with Crippen LogP contribution in [0.2, 0.25) is 0 Å². The first kappa shape index (κ1) is 21.8. The lowest BCUT2D eigenvalue weighted by Gasteiger charge is -2.10. The fourth-order valence-electron chi connectivity index (χ4n) is 5.52. The molecule has 0 aliphatic carbocycles. The van der Waals surface area contributed by atoms with Crippen molar-refractivity contribution in [2.45, 2.75) is 0 Å². The molecule has 0 unspecified atom stereocenters. The molecule has 2 aromatic heterocycles. The summed E-state index contributed by atoms with van der Waals surface area (Å²) in [4.78, 5) is 9.86. The van der Waals surface area contributed by atoms with Gasteiger partial charge in [-0.25, -0.2) is 9.97 Å². The van der Waals surface area contributed by atoms with Gasteiger partial charge in [0.05, 0.1) is 11.2 Å².